The third kappa shape index (κ3) is 4.59. The molecule has 5 heteroatoms. The van der Waals surface area contributed by atoms with E-state index >= 15 is 0 Å². The summed E-state index contributed by atoms with van der Waals surface area (Å²) in [7, 11) is 0. The highest BCUT2D eigenvalue weighted by Gasteiger charge is 2.15. The maximum Gasteiger partial charge on any atom is 0.259 e. The van der Waals surface area contributed by atoms with E-state index in [1.54, 1.807) is 30.0 Å². The summed E-state index contributed by atoms with van der Waals surface area (Å²) in [6.45, 7) is 0.379. The van der Waals surface area contributed by atoms with Gasteiger partial charge in [0.25, 0.3) is 5.91 Å². The van der Waals surface area contributed by atoms with Crippen molar-refractivity contribution in [1.29, 1.82) is 0 Å². The molecule has 0 saturated carbocycles. The first-order valence-corrected chi connectivity index (χ1v) is 9.68. The number of thioether (sulfide) groups is 1. The molecule has 0 radical (unpaired) electrons. The van der Waals surface area contributed by atoms with Gasteiger partial charge in [0.05, 0.1) is 11.3 Å². The van der Waals surface area contributed by atoms with Crippen LogP contribution >= 0.6 is 23.4 Å². The van der Waals surface area contributed by atoms with E-state index in [2.05, 4.69) is 5.32 Å². The summed E-state index contributed by atoms with van der Waals surface area (Å²) in [5.41, 5.74) is 2.20. The van der Waals surface area contributed by atoms with Crippen molar-refractivity contribution >= 4 is 35.0 Å². The number of rotatable bonds is 6. The van der Waals surface area contributed by atoms with Gasteiger partial charge in [-0.1, -0.05) is 54.1 Å². The molecule has 1 amide bonds. The van der Waals surface area contributed by atoms with Crippen LogP contribution in [0.2, 0.25) is 5.02 Å². The number of amides is 1. The minimum absolute atomic E-state index is 0.253. The third-order valence-corrected chi connectivity index (χ3v) is 4.81. The van der Waals surface area contributed by atoms with Crippen LogP contribution in [0.1, 0.15) is 15.9 Å². The molecule has 0 aliphatic rings. The number of carbonyl (C=O) groups excluding carboxylic acids is 1. The predicted molar refractivity (Wildman–Crippen MR) is 108 cm³/mol. The van der Waals surface area contributed by atoms with Crippen LogP contribution in [0.25, 0.3) is 0 Å². The van der Waals surface area contributed by atoms with Crippen LogP contribution in [-0.2, 0) is 6.61 Å². The number of benzene rings is 3. The molecule has 3 rings (SSSR count). The second-order valence-corrected chi connectivity index (χ2v) is 6.85. The fourth-order valence-electron chi connectivity index (χ4n) is 2.48. The molecule has 0 aromatic heterocycles. The van der Waals surface area contributed by atoms with E-state index < -0.39 is 0 Å². The molecule has 0 fully saturated rings. The zero-order chi connectivity index (χ0) is 18.4. The van der Waals surface area contributed by atoms with Gasteiger partial charge in [0.1, 0.15) is 12.4 Å². The second kappa shape index (κ2) is 8.79. The van der Waals surface area contributed by atoms with Crippen molar-refractivity contribution in [3.8, 4) is 5.75 Å². The smallest absolute Gasteiger partial charge is 0.259 e. The molecule has 132 valence electrons. The molecule has 3 aromatic rings. The van der Waals surface area contributed by atoms with E-state index in [1.165, 1.54) is 0 Å². The number of para-hydroxylation sites is 1. The van der Waals surface area contributed by atoms with Gasteiger partial charge >= 0.3 is 0 Å². The van der Waals surface area contributed by atoms with Gasteiger partial charge < -0.3 is 10.1 Å². The lowest BCUT2D eigenvalue weighted by atomic mass is 10.1. The molecular weight excluding hydrogens is 366 g/mol. The summed E-state index contributed by atoms with van der Waals surface area (Å²) < 4.78 is 5.87. The lowest BCUT2D eigenvalue weighted by molar-refractivity contribution is 0.102. The van der Waals surface area contributed by atoms with Crippen molar-refractivity contribution < 1.29 is 9.53 Å². The van der Waals surface area contributed by atoms with Crippen LogP contribution in [0.15, 0.2) is 77.7 Å². The number of hydrogen-bond donors (Lipinski definition) is 1. The summed E-state index contributed by atoms with van der Waals surface area (Å²) in [6.07, 6.45) is 1.97. The Morgan fingerprint density at radius 1 is 1.04 bits per heavy atom. The van der Waals surface area contributed by atoms with Gasteiger partial charge in [-0.15, -0.1) is 11.8 Å². The fourth-order valence-corrected chi connectivity index (χ4v) is 3.20. The third-order valence-electron chi connectivity index (χ3n) is 3.78. The lowest BCUT2D eigenvalue weighted by Gasteiger charge is -2.14. The van der Waals surface area contributed by atoms with Crippen LogP contribution in [0.5, 0.6) is 5.75 Å². The monoisotopic (exact) mass is 383 g/mol. The maximum atomic E-state index is 12.8. The summed E-state index contributed by atoms with van der Waals surface area (Å²) in [5.74, 6) is 0.245. The van der Waals surface area contributed by atoms with E-state index in [9.17, 15) is 4.79 Å². The highest BCUT2D eigenvalue weighted by molar-refractivity contribution is 7.98. The number of ether oxygens (including phenoxy) is 1. The molecule has 3 aromatic carbocycles. The minimum Gasteiger partial charge on any atom is -0.488 e. The Kier molecular flexibility index (Phi) is 6.21. The molecular formula is C21H18ClNO2S. The number of anilines is 1. The van der Waals surface area contributed by atoms with Crippen molar-refractivity contribution in [1.82, 2.24) is 0 Å². The van der Waals surface area contributed by atoms with Crippen molar-refractivity contribution in [2.24, 2.45) is 0 Å². The average Bonchev–Trinajstić information content (AvgIpc) is 2.68. The van der Waals surface area contributed by atoms with Crippen LogP contribution in [0.4, 0.5) is 5.69 Å². The van der Waals surface area contributed by atoms with Crippen LogP contribution in [-0.4, -0.2) is 12.2 Å². The van der Waals surface area contributed by atoms with E-state index in [1.807, 2.05) is 60.9 Å². The number of hydrogen-bond acceptors (Lipinski definition) is 3. The Morgan fingerprint density at radius 2 is 1.77 bits per heavy atom. The largest absolute Gasteiger partial charge is 0.488 e. The molecule has 0 aliphatic heterocycles. The molecule has 0 unspecified atom stereocenters. The molecule has 0 bridgehead atoms. The highest BCUT2D eigenvalue weighted by Crippen LogP contribution is 2.28. The van der Waals surface area contributed by atoms with Crippen molar-refractivity contribution in [2.75, 3.05) is 11.6 Å². The SMILES string of the molecule is CSc1ccccc1NC(=O)c1cc(Cl)ccc1OCc1ccccc1. The number of halogens is 1. The van der Waals surface area contributed by atoms with E-state index in [-0.39, 0.29) is 5.91 Å². The van der Waals surface area contributed by atoms with Gasteiger partial charge in [0, 0.05) is 9.92 Å². The Hall–Kier alpha value is -2.43. The summed E-state index contributed by atoms with van der Waals surface area (Å²) in [4.78, 5) is 13.8. The molecule has 0 spiro atoms. The summed E-state index contributed by atoms with van der Waals surface area (Å²) >= 11 is 7.68. The van der Waals surface area contributed by atoms with Gasteiger partial charge in [-0.3, -0.25) is 4.79 Å². The highest BCUT2D eigenvalue weighted by atomic mass is 35.5. The minimum atomic E-state index is -0.253. The molecule has 26 heavy (non-hydrogen) atoms. The standard InChI is InChI=1S/C21H18ClNO2S/c1-26-20-10-6-5-9-18(20)23-21(24)17-13-16(22)11-12-19(17)25-14-15-7-3-2-4-8-15/h2-13H,14H2,1H3,(H,23,24). The molecule has 0 atom stereocenters. The normalized spacial score (nSPS) is 10.4. The Labute approximate surface area is 162 Å². The molecule has 0 saturated heterocycles. The van der Waals surface area contributed by atoms with Crippen LogP contribution in [0, 0.1) is 0 Å². The summed E-state index contributed by atoms with van der Waals surface area (Å²) in [5, 5.41) is 3.43. The number of carbonyl (C=O) groups is 1. The number of nitrogens with one attached hydrogen (secondary N) is 1. The molecule has 0 aliphatic carbocycles. The van der Waals surface area contributed by atoms with Crippen LogP contribution in [0.3, 0.4) is 0 Å². The van der Waals surface area contributed by atoms with Crippen molar-refractivity contribution in [3.63, 3.8) is 0 Å². The average molecular weight is 384 g/mol. The first-order chi connectivity index (χ1) is 12.7. The fraction of sp³-hybridized carbons (Fsp3) is 0.0952. The van der Waals surface area contributed by atoms with Gasteiger partial charge in [0.2, 0.25) is 0 Å². The van der Waals surface area contributed by atoms with E-state index in [0.29, 0.717) is 22.9 Å². The zero-order valence-corrected chi connectivity index (χ0v) is 15.8. The quantitative estimate of drug-likeness (QED) is 0.539. The molecule has 3 nitrogen and oxygen atoms in total. The van der Waals surface area contributed by atoms with Gasteiger partial charge in [-0.25, -0.2) is 0 Å². The Bertz CT molecular complexity index is 900. The molecule has 1 N–H and O–H groups in total. The van der Waals surface area contributed by atoms with Crippen LogP contribution < -0.4 is 10.1 Å². The molecule has 0 heterocycles. The van der Waals surface area contributed by atoms with Gasteiger partial charge in [-0.05, 0) is 42.2 Å². The first-order valence-electron chi connectivity index (χ1n) is 8.08. The second-order valence-electron chi connectivity index (χ2n) is 5.57. The van der Waals surface area contributed by atoms with Crippen molar-refractivity contribution in [3.05, 3.63) is 88.9 Å². The predicted octanol–water partition coefficient (Wildman–Crippen LogP) is 5.89. The Morgan fingerprint density at radius 3 is 2.54 bits per heavy atom. The lowest BCUT2D eigenvalue weighted by Crippen LogP contribution is -2.14. The summed E-state index contributed by atoms with van der Waals surface area (Å²) in [6, 6.07) is 22.5. The van der Waals surface area contributed by atoms with E-state index in [4.69, 9.17) is 16.3 Å². The zero-order valence-electron chi connectivity index (χ0n) is 14.2. The maximum absolute atomic E-state index is 12.8. The Balaban J connectivity index is 1.81. The van der Waals surface area contributed by atoms with E-state index in [0.717, 1.165) is 16.1 Å². The van der Waals surface area contributed by atoms with Gasteiger partial charge in [-0.2, -0.15) is 0 Å². The van der Waals surface area contributed by atoms with Crippen molar-refractivity contribution in [2.45, 2.75) is 11.5 Å². The first kappa shape index (κ1) is 18.4. The van der Waals surface area contributed by atoms with Gasteiger partial charge in [0.15, 0.2) is 0 Å². The topological polar surface area (TPSA) is 38.3 Å².